The van der Waals surface area contributed by atoms with Gasteiger partial charge in [-0.3, -0.25) is 4.79 Å². The van der Waals surface area contributed by atoms with Crippen molar-refractivity contribution in [2.24, 2.45) is 0 Å². The number of benzene rings is 2. The van der Waals surface area contributed by atoms with Crippen molar-refractivity contribution in [3.63, 3.8) is 0 Å². The largest absolute Gasteiger partial charge is 0.289 e. The van der Waals surface area contributed by atoms with E-state index in [9.17, 15) is 9.18 Å². The molecule has 0 aliphatic heterocycles. The molecule has 0 atom stereocenters. The smallest absolute Gasteiger partial charge is 0.193 e. The van der Waals surface area contributed by atoms with Gasteiger partial charge in [-0.2, -0.15) is 0 Å². The first kappa shape index (κ1) is 14.2. The van der Waals surface area contributed by atoms with Gasteiger partial charge in [0, 0.05) is 11.1 Å². The van der Waals surface area contributed by atoms with Gasteiger partial charge in [-0.1, -0.05) is 37.3 Å². The summed E-state index contributed by atoms with van der Waals surface area (Å²) in [7, 11) is 0. The second kappa shape index (κ2) is 6.29. The first-order valence-corrected chi connectivity index (χ1v) is 6.70. The Kier molecular flexibility index (Phi) is 4.46. The normalized spacial score (nSPS) is 10.9. The molecule has 0 fully saturated rings. The van der Waals surface area contributed by atoms with Gasteiger partial charge in [0.25, 0.3) is 0 Å². The van der Waals surface area contributed by atoms with Gasteiger partial charge in [0.2, 0.25) is 0 Å². The van der Waals surface area contributed by atoms with Gasteiger partial charge in [-0.25, -0.2) is 4.39 Å². The van der Waals surface area contributed by atoms with Crippen LogP contribution in [0, 0.1) is 12.7 Å². The van der Waals surface area contributed by atoms with Gasteiger partial charge >= 0.3 is 0 Å². The van der Waals surface area contributed by atoms with Crippen LogP contribution < -0.4 is 0 Å². The van der Waals surface area contributed by atoms with E-state index in [4.69, 9.17) is 0 Å². The van der Waals surface area contributed by atoms with E-state index >= 15 is 0 Å². The molecule has 0 saturated carbocycles. The fourth-order valence-electron chi connectivity index (χ4n) is 2.08. The minimum absolute atomic E-state index is 0.0748. The summed E-state index contributed by atoms with van der Waals surface area (Å²) in [5, 5.41) is 0. The van der Waals surface area contributed by atoms with Crippen LogP contribution in [0.1, 0.15) is 40.4 Å². The maximum atomic E-state index is 12.9. The van der Waals surface area contributed by atoms with Crippen LogP contribution in [0.3, 0.4) is 0 Å². The van der Waals surface area contributed by atoms with Crippen molar-refractivity contribution < 1.29 is 9.18 Å². The molecular weight excluding hydrogens is 251 g/mol. The molecule has 0 radical (unpaired) electrons. The summed E-state index contributed by atoms with van der Waals surface area (Å²) in [6.45, 7) is 4.01. The minimum Gasteiger partial charge on any atom is -0.289 e. The molecule has 0 amide bonds. The SMILES string of the molecule is CC/C=C/c1cccc(C(=O)c2ccc(F)cc2)c1C. The molecule has 2 heteroatoms. The number of carbonyl (C=O) groups is 1. The van der Waals surface area contributed by atoms with Crippen LogP contribution in [0.15, 0.2) is 48.5 Å². The Morgan fingerprint density at radius 2 is 1.85 bits per heavy atom. The minimum atomic E-state index is -0.335. The summed E-state index contributed by atoms with van der Waals surface area (Å²) >= 11 is 0. The Morgan fingerprint density at radius 3 is 2.50 bits per heavy atom. The molecule has 0 aromatic heterocycles. The third-order valence-corrected chi connectivity index (χ3v) is 3.26. The van der Waals surface area contributed by atoms with Gasteiger partial charge in [0.1, 0.15) is 5.82 Å². The van der Waals surface area contributed by atoms with Gasteiger partial charge in [-0.15, -0.1) is 0 Å². The maximum Gasteiger partial charge on any atom is 0.193 e. The van der Waals surface area contributed by atoms with Crippen molar-refractivity contribution in [3.8, 4) is 0 Å². The molecule has 2 aromatic carbocycles. The molecule has 1 nitrogen and oxygen atoms in total. The van der Waals surface area contributed by atoms with Gasteiger partial charge in [0.05, 0.1) is 0 Å². The molecule has 0 N–H and O–H groups in total. The second-order valence-corrected chi connectivity index (χ2v) is 4.67. The number of carbonyl (C=O) groups excluding carboxylic acids is 1. The molecule has 0 unspecified atom stereocenters. The highest BCUT2D eigenvalue weighted by Gasteiger charge is 2.12. The van der Waals surface area contributed by atoms with Crippen molar-refractivity contribution in [3.05, 3.63) is 76.6 Å². The van der Waals surface area contributed by atoms with Gasteiger partial charge < -0.3 is 0 Å². The number of halogens is 1. The fraction of sp³-hybridized carbons (Fsp3) is 0.167. The Balaban J connectivity index is 2.40. The summed E-state index contributed by atoms with van der Waals surface area (Å²) in [4.78, 5) is 12.5. The van der Waals surface area contributed by atoms with Crippen LogP contribution in [-0.4, -0.2) is 5.78 Å². The fourth-order valence-corrected chi connectivity index (χ4v) is 2.08. The summed E-state index contributed by atoms with van der Waals surface area (Å²) < 4.78 is 12.9. The predicted octanol–water partition coefficient (Wildman–Crippen LogP) is 4.79. The van der Waals surface area contributed by atoms with E-state index < -0.39 is 0 Å². The van der Waals surface area contributed by atoms with Crippen molar-refractivity contribution >= 4 is 11.9 Å². The van der Waals surface area contributed by atoms with E-state index in [1.165, 1.54) is 24.3 Å². The number of hydrogen-bond donors (Lipinski definition) is 0. The Morgan fingerprint density at radius 1 is 1.15 bits per heavy atom. The van der Waals surface area contributed by atoms with Crippen molar-refractivity contribution in [2.75, 3.05) is 0 Å². The molecule has 0 saturated heterocycles. The van der Waals surface area contributed by atoms with E-state index in [2.05, 4.69) is 13.0 Å². The highest BCUT2D eigenvalue weighted by Crippen LogP contribution is 2.19. The highest BCUT2D eigenvalue weighted by atomic mass is 19.1. The highest BCUT2D eigenvalue weighted by molar-refractivity contribution is 6.10. The quantitative estimate of drug-likeness (QED) is 0.729. The van der Waals surface area contributed by atoms with Gasteiger partial charge in [0.15, 0.2) is 5.78 Å². The van der Waals surface area contributed by atoms with Crippen LogP contribution in [0.2, 0.25) is 0 Å². The molecule has 0 heterocycles. The summed E-state index contributed by atoms with van der Waals surface area (Å²) in [6.07, 6.45) is 5.04. The number of rotatable bonds is 4. The lowest BCUT2D eigenvalue weighted by Gasteiger charge is -2.08. The molecule has 102 valence electrons. The van der Waals surface area contributed by atoms with E-state index in [0.29, 0.717) is 11.1 Å². The second-order valence-electron chi connectivity index (χ2n) is 4.67. The number of hydrogen-bond acceptors (Lipinski definition) is 1. The summed E-state index contributed by atoms with van der Waals surface area (Å²) in [6, 6.07) is 11.3. The monoisotopic (exact) mass is 268 g/mol. The third kappa shape index (κ3) is 3.02. The lowest BCUT2D eigenvalue weighted by Crippen LogP contribution is -2.04. The van der Waals surface area contributed by atoms with Crippen LogP contribution in [0.5, 0.6) is 0 Å². The Labute approximate surface area is 118 Å². The predicted molar refractivity (Wildman–Crippen MR) is 80.3 cm³/mol. The summed E-state index contributed by atoms with van der Waals surface area (Å²) in [5.41, 5.74) is 3.16. The van der Waals surface area contributed by atoms with Crippen molar-refractivity contribution in [2.45, 2.75) is 20.3 Å². The third-order valence-electron chi connectivity index (χ3n) is 3.26. The maximum absolute atomic E-state index is 12.9. The topological polar surface area (TPSA) is 17.1 Å². The van der Waals surface area contributed by atoms with E-state index in [1.54, 1.807) is 0 Å². The molecule has 0 spiro atoms. The van der Waals surface area contributed by atoms with Crippen LogP contribution in [-0.2, 0) is 0 Å². The van der Waals surface area contributed by atoms with Crippen molar-refractivity contribution in [1.29, 1.82) is 0 Å². The zero-order valence-electron chi connectivity index (χ0n) is 11.7. The van der Waals surface area contributed by atoms with Crippen LogP contribution in [0.25, 0.3) is 6.08 Å². The van der Waals surface area contributed by atoms with Crippen molar-refractivity contribution in [1.82, 2.24) is 0 Å². The summed E-state index contributed by atoms with van der Waals surface area (Å²) in [5.74, 6) is -0.410. The van der Waals surface area contributed by atoms with Crippen LogP contribution >= 0.6 is 0 Å². The number of ketones is 1. The number of allylic oxidation sites excluding steroid dienone is 1. The Bertz CT molecular complexity index is 639. The van der Waals surface area contributed by atoms with E-state index in [0.717, 1.165) is 17.5 Å². The Hall–Kier alpha value is -2.22. The molecule has 2 rings (SSSR count). The first-order chi connectivity index (χ1) is 9.63. The first-order valence-electron chi connectivity index (χ1n) is 6.70. The molecule has 2 aromatic rings. The average Bonchev–Trinajstić information content (AvgIpc) is 2.46. The molecular formula is C18H17FO. The zero-order valence-corrected chi connectivity index (χ0v) is 11.7. The molecule has 20 heavy (non-hydrogen) atoms. The zero-order chi connectivity index (χ0) is 14.5. The molecule has 0 aliphatic rings. The van der Waals surface area contributed by atoms with Crippen LogP contribution in [0.4, 0.5) is 4.39 Å². The van der Waals surface area contributed by atoms with E-state index in [-0.39, 0.29) is 11.6 Å². The lowest BCUT2D eigenvalue weighted by molar-refractivity contribution is 0.103. The molecule has 0 aliphatic carbocycles. The standard InChI is InChI=1S/C18H17FO/c1-3-4-6-14-7-5-8-17(13(14)2)18(20)15-9-11-16(19)12-10-15/h4-12H,3H2,1-2H3/b6-4+. The van der Waals surface area contributed by atoms with E-state index in [1.807, 2.05) is 31.2 Å². The average molecular weight is 268 g/mol. The molecule has 0 bridgehead atoms. The van der Waals surface area contributed by atoms with Gasteiger partial charge in [-0.05, 0) is 48.7 Å². The lowest BCUT2D eigenvalue weighted by atomic mass is 9.95.